The molecule has 1 aromatic carbocycles. The topological polar surface area (TPSA) is 54.0 Å². The molecule has 2 aromatic rings. The number of Topliss-reactive ketones (excluding diaryl/α,β-unsaturated/α-hetero) is 1. The average molecular weight is 292 g/mol. The summed E-state index contributed by atoms with van der Waals surface area (Å²) >= 11 is 5.88. The first-order valence-corrected chi connectivity index (χ1v) is 6.40. The van der Waals surface area contributed by atoms with Crippen LogP contribution in [0.3, 0.4) is 0 Å². The zero-order chi connectivity index (χ0) is 14.5. The van der Waals surface area contributed by atoms with Crippen LogP contribution < -0.4 is 0 Å². The molecule has 5 heteroatoms. The highest BCUT2D eigenvalue weighted by Gasteiger charge is 2.25. The Hall–Kier alpha value is -2.12. The molecule has 1 atom stereocenters. The first kappa shape index (κ1) is 14.3. The largest absolute Gasteiger partial charge is 0.469 e. The summed E-state index contributed by atoms with van der Waals surface area (Å²) in [5.41, 5.74) is -0.0545. The van der Waals surface area contributed by atoms with E-state index >= 15 is 0 Å². The maximum atomic E-state index is 13.8. The fourth-order valence-corrected chi connectivity index (χ4v) is 2.20. The third kappa shape index (κ3) is 3.06. The number of hydrogen-bond donors (Lipinski definition) is 0. The van der Waals surface area contributed by atoms with Crippen molar-refractivity contribution >= 4 is 17.4 Å². The number of aryl methyl sites for hydroxylation is 1. The van der Waals surface area contributed by atoms with E-state index in [4.69, 9.17) is 21.3 Å². The summed E-state index contributed by atoms with van der Waals surface area (Å²) in [6.07, 6.45) is 1.97. The Morgan fingerprint density at radius 3 is 2.80 bits per heavy atom. The molecule has 0 aliphatic carbocycles. The number of nitrogens with zero attached hydrogens (tertiary/aromatic N) is 1. The predicted molar refractivity (Wildman–Crippen MR) is 71.8 cm³/mol. The molecule has 0 aliphatic heterocycles. The van der Waals surface area contributed by atoms with Crippen LogP contribution >= 0.6 is 11.6 Å². The van der Waals surface area contributed by atoms with Gasteiger partial charge in [0.25, 0.3) is 0 Å². The Morgan fingerprint density at radius 1 is 1.40 bits per heavy atom. The summed E-state index contributed by atoms with van der Waals surface area (Å²) in [4.78, 5) is 12.1. The summed E-state index contributed by atoms with van der Waals surface area (Å²) in [6.45, 7) is 0. The van der Waals surface area contributed by atoms with Gasteiger partial charge in [0.05, 0.1) is 12.3 Å². The molecule has 0 saturated heterocycles. The maximum absolute atomic E-state index is 13.8. The number of furan rings is 1. The normalized spacial score (nSPS) is 11.8. The van der Waals surface area contributed by atoms with Gasteiger partial charge in [-0.1, -0.05) is 17.7 Å². The van der Waals surface area contributed by atoms with Crippen LogP contribution in [0.4, 0.5) is 4.39 Å². The maximum Gasteiger partial charge on any atom is 0.155 e. The summed E-state index contributed by atoms with van der Waals surface area (Å²) in [5, 5.41) is 9.22. The van der Waals surface area contributed by atoms with E-state index in [-0.39, 0.29) is 22.8 Å². The number of nitriles is 1. The van der Waals surface area contributed by atoms with E-state index in [2.05, 4.69) is 0 Å². The molecule has 1 unspecified atom stereocenters. The van der Waals surface area contributed by atoms with E-state index in [0.29, 0.717) is 12.2 Å². The number of hydrogen-bond acceptors (Lipinski definition) is 3. The number of carbonyl (C=O) groups excluding carboxylic acids is 1. The van der Waals surface area contributed by atoms with Crippen molar-refractivity contribution in [3.8, 4) is 6.07 Å². The molecule has 0 amide bonds. The minimum atomic E-state index is -1.20. The van der Waals surface area contributed by atoms with Crippen molar-refractivity contribution in [1.29, 1.82) is 5.26 Å². The van der Waals surface area contributed by atoms with Gasteiger partial charge in [-0.05, 0) is 24.3 Å². The SMILES string of the molecule is N#CC(C(=O)CCc1ccco1)c1c(F)cccc1Cl. The highest BCUT2D eigenvalue weighted by molar-refractivity contribution is 6.31. The van der Waals surface area contributed by atoms with Crippen molar-refractivity contribution in [2.45, 2.75) is 18.8 Å². The van der Waals surface area contributed by atoms with Gasteiger partial charge in [0.15, 0.2) is 5.78 Å². The summed E-state index contributed by atoms with van der Waals surface area (Å²) < 4.78 is 18.9. The lowest BCUT2D eigenvalue weighted by molar-refractivity contribution is -0.119. The number of halogens is 2. The number of benzene rings is 1. The molecule has 0 saturated carbocycles. The third-order valence-corrected chi connectivity index (χ3v) is 3.27. The van der Waals surface area contributed by atoms with Crippen LogP contribution in [0.15, 0.2) is 41.0 Å². The van der Waals surface area contributed by atoms with E-state index in [1.807, 2.05) is 6.07 Å². The standard InChI is InChI=1S/C15H11ClFNO2/c16-12-4-1-5-13(17)15(12)11(9-18)14(19)7-6-10-3-2-8-20-10/h1-5,8,11H,6-7H2. The molecular weight excluding hydrogens is 281 g/mol. The van der Waals surface area contributed by atoms with Crippen molar-refractivity contribution in [3.05, 3.63) is 58.8 Å². The second-order valence-corrected chi connectivity index (χ2v) is 4.65. The van der Waals surface area contributed by atoms with Crippen LogP contribution in [-0.2, 0) is 11.2 Å². The predicted octanol–water partition coefficient (Wildman–Crippen LogP) is 3.88. The molecule has 1 aromatic heterocycles. The van der Waals surface area contributed by atoms with Gasteiger partial charge in [-0.25, -0.2) is 4.39 Å². The van der Waals surface area contributed by atoms with Crippen molar-refractivity contribution in [2.24, 2.45) is 0 Å². The Morgan fingerprint density at radius 2 is 2.20 bits per heavy atom. The Labute approximate surface area is 120 Å². The average Bonchev–Trinajstić information content (AvgIpc) is 2.93. The quantitative estimate of drug-likeness (QED) is 0.840. The van der Waals surface area contributed by atoms with Gasteiger partial charge in [0, 0.05) is 23.4 Å². The molecule has 0 aliphatic rings. The second-order valence-electron chi connectivity index (χ2n) is 4.24. The minimum absolute atomic E-state index is 0.0545. The van der Waals surface area contributed by atoms with E-state index in [0.717, 1.165) is 0 Å². The fourth-order valence-electron chi connectivity index (χ4n) is 1.93. The number of rotatable bonds is 5. The van der Waals surface area contributed by atoms with Crippen molar-refractivity contribution in [2.75, 3.05) is 0 Å². The summed E-state index contributed by atoms with van der Waals surface area (Å²) in [5.74, 6) is -1.57. The molecule has 1 heterocycles. The van der Waals surface area contributed by atoms with Gasteiger partial charge in [0.1, 0.15) is 17.5 Å². The first-order chi connectivity index (χ1) is 9.63. The highest BCUT2D eigenvalue weighted by atomic mass is 35.5. The fraction of sp³-hybridized carbons (Fsp3) is 0.200. The van der Waals surface area contributed by atoms with Gasteiger partial charge in [0.2, 0.25) is 0 Å². The van der Waals surface area contributed by atoms with Crippen molar-refractivity contribution in [3.63, 3.8) is 0 Å². The first-order valence-electron chi connectivity index (χ1n) is 6.02. The zero-order valence-electron chi connectivity index (χ0n) is 10.5. The molecule has 3 nitrogen and oxygen atoms in total. The molecule has 0 bridgehead atoms. The minimum Gasteiger partial charge on any atom is -0.469 e. The van der Waals surface area contributed by atoms with Crippen LogP contribution in [-0.4, -0.2) is 5.78 Å². The third-order valence-electron chi connectivity index (χ3n) is 2.94. The summed E-state index contributed by atoms with van der Waals surface area (Å²) in [6, 6.07) is 9.37. The lowest BCUT2D eigenvalue weighted by Crippen LogP contribution is -2.13. The van der Waals surface area contributed by atoms with Crippen LogP contribution in [0.2, 0.25) is 5.02 Å². The molecular formula is C15H11ClFNO2. The van der Waals surface area contributed by atoms with Gasteiger partial charge in [-0.15, -0.1) is 0 Å². The zero-order valence-corrected chi connectivity index (χ0v) is 11.2. The van der Waals surface area contributed by atoms with Crippen LogP contribution in [0.25, 0.3) is 0 Å². The lowest BCUT2D eigenvalue weighted by Gasteiger charge is -2.11. The van der Waals surface area contributed by atoms with Crippen molar-refractivity contribution in [1.82, 2.24) is 0 Å². The lowest BCUT2D eigenvalue weighted by atomic mass is 9.93. The molecule has 0 spiro atoms. The van der Waals surface area contributed by atoms with E-state index in [1.54, 1.807) is 12.1 Å². The number of ketones is 1. The van der Waals surface area contributed by atoms with Crippen LogP contribution in [0.5, 0.6) is 0 Å². The van der Waals surface area contributed by atoms with Gasteiger partial charge < -0.3 is 4.42 Å². The van der Waals surface area contributed by atoms with Crippen LogP contribution in [0, 0.1) is 17.1 Å². The molecule has 102 valence electrons. The van der Waals surface area contributed by atoms with E-state index in [9.17, 15) is 9.18 Å². The van der Waals surface area contributed by atoms with Crippen molar-refractivity contribution < 1.29 is 13.6 Å². The summed E-state index contributed by atoms with van der Waals surface area (Å²) in [7, 11) is 0. The van der Waals surface area contributed by atoms with Crippen LogP contribution in [0.1, 0.15) is 23.7 Å². The van der Waals surface area contributed by atoms with Gasteiger partial charge in [-0.2, -0.15) is 5.26 Å². The Kier molecular flexibility index (Phi) is 4.54. The van der Waals surface area contributed by atoms with E-state index < -0.39 is 11.7 Å². The Balaban J connectivity index is 2.16. The molecule has 0 fully saturated rings. The number of carbonyl (C=O) groups is 1. The molecule has 2 rings (SSSR count). The molecule has 0 radical (unpaired) electrons. The highest BCUT2D eigenvalue weighted by Crippen LogP contribution is 2.28. The smallest absolute Gasteiger partial charge is 0.155 e. The van der Waals surface area contributed by atoms with Gasteiger partial charge in [-0.3, -0.25) is 4.79 Å². The molecule has 20 heavy (non-hydrogen) atoms. The monoisotopic (exact) mass is 291 g/mol. The van der Waals surface area contributed by atoms with Gasteiger partial charge >= 0.3 is 0 Å². The van der Waals surface area contributed by atoms with E-state index in [1.165, 1.54) is 24.5 Å². The second kappa shape index (κ2) is 6.36. The molecule has 0 N–H and O–H groups in total. The Bertz CT molecular complexity index is 626.